The summed E-state index contributed by atoms with van der Waals surface area (Å²) in [5, 5.41) is 9.60. The van der Waals surface area contributed by atoms with Crippen molar-refractivity contribution < 1.29 is 19.4 Å². The predicted molar refractivity (Wildman–Crippen MR) is 82.6 cm³/mol. The fourth-order valence-electron chi connectivity index (χ4n) is 2.40. The fourth-order valence-corrected chi connectivity index (χ4v) is 2.40. The smallest absolute Gasteiger partial charge is 0.265 e. The molecule has 0 spiro atoms. The van der Waals surface area contributed by atoms with Crippen LogP contribution in [0.1, 0.15) is 5.56 Å². The number of carbonyl (C=O) groups excluding carboxylic acids is 1. The summed E-state index contributed by atoms with van der Waals surface area (Å²) in [7, 11) is 0. The molecule has 5 heteroatoms. The fraction of sp³-hybridized carbons (Fsp3) is 0.235. The number of hydrogen-bond acceptors (Lipinski definition) is 4. The lowest BCUT2D eigenvalue weighted by Crippen LogP contribution is -2.41. The van der Waals surface area contributed by atoms with Gasteiger partial charge in [-0.25, -0.2) is 0 Å². The Kier molecular flexibility index (Phi) is 3.87. The van der Waals surface area contributed by atoms with Crippen molar-refractivity contribution in [1.82, 2.24) is 0 Å². The number of rotatable bonds is 4. The zero-order chi connectivity index (χ0) is 15.5. The molecule has 5 nitrogen and oxygen atoms in total. The summed E-state index contributed by atoms with van der Waals surface area (Å²) in [6, 6.07) is 12.5. The highest BCUT2D eigenvalue weighted by Gasteiger charge is 2.25. The third kappa shape index (κ3) is 2.98. The summed E-state index contributed by atoms with van der Waals surface area (Å²) in [5.74, 6) is 1.32. The van der Waals surface area contributed by atoms with Gasteiger partial charge in [-0.3, -0.25) is 4.79 Å². The first kappa shape index (κ1) is 14.3. The third-order valence-electron chi connectivity index (χ3n) is 3.46. The van der Waals surface area contributed by atoms with Crippen molar-refractivity contribution in [2.75, 3.05) is 24.7 Å². The standard InChI is InChI=1S/C17H17NO4/c1-12-3-2-4-14(9-12)21-8-7-18-15-10-13(19)5-6-16(15)22-11-17(18)20/h2-6,9-10,19H,7-8,11H2,1H3. The molecule has 0 saturated heterocycles. The van der Waals surface area contributed by atoms with Crippen molar-refractivity contribution >= 4 is 11.6 Å². The van der Waals surface area contributed by atoms with Crippen LogP contribution in [0.3, 0.4) is 0 Å². The van der Waals surface area contributed by atoms with Gasteiger partial charge in [0.25, 0.3) is 5.91 Å². The number of nitrogens with zero attached hydrogens (tertiary/aromatic N) is 1. The first-order valence-electron chi connectivity index (χ1n) is 7.09. The van der Waals surface area contributed by atoms with E-state index in [0.29, 0.717) is 24.6 Å². The van der Waals surface area contributed by atoms with Gasteiger partial charge in [-0.2, -0.15) is 0 Å². The molecule has 1 aliphatic rings. The van der Waals surface area contributed by atoms with Crippen molar-refractivity contribution in [2.24, 2.45) is 0 Å². The third-order valence-corrected chi connectivity index (χ3v) is 3.46. The van der Waals surface area contributed by atoms with Crippen molar-refractivity contribution in [3.8, 4) is 17.2 Å². The summed E-state index contributed by atoms with van der Waals surface area (Å²) in [6.45, 7) is 2.76. The number of aryl methyl sites for hydroxylation is 1. The number of hydrogen-bond donors (Lipinski definition) is 1. The lowest BCUT2D eigenvalue weighted by atomic mass is 10.2. The average molecular weight is 299 g/mol. The molecular formula is C17H17NO4. The van der Waals surface area contributed by atoms with E-state index in [1.54, 1.807) is 11.0 Å². The van der Waals surface area contributed by atoms with Gasteiger partial charge >= 0.3 is 0 Å². The van der Waals surface area contributed by atoms with E-state index in [1.807, 2.05) is 31.2 Å². The molecule has 1 amide bonds. The monoisotopic (exact) mass is 299 g/mol. The summed E-state index contributed by atoms with van der Waals surface area (Å²) in [5.41, 5.74) is 1.69. The summed E-state index contributed by atoms with van der Waals surface area (Å²) >= 11 is 0. The van der Waals surface area contributed by atoms with Gasteiger partial charge in [0, 0.05) is 6.07 Å². The zero-order valence-electron chi connectivity index (χ0n) is 12.3. The summed E-state index contributed by atoms with van der Waals surface area (Å²) in [6.07, 6.45) is 0. The quantitative estimate of drug-likeness (QED) is 0.942. The van der Waals surface area contributed by atoms with Crippen molar-refractivity contribution in [1.29, 1.82) is 0 Å². The molecule has 1 aliphatic heterocycles. The average Bonchev–Trinajstić information content (AvgIpc) is 2.50. The normalized spacial score (nSPS) is 13.5. The molecule has 0 unspecified atom stereocenters. The topological polar surface area (TPSA) is 59.0 Å². The number of benzene rings is 2. The lowest BCUT2D eigenvalue weighted by molar-refractivity contribution is -0.121. The Labute approximate surface area is 128 Å². The van der Waals surface area contributed by atoms with E-state index in [1.165, 1.54) is 12.1 Å². The van der Waals surface area contributed by atoms with Gasteiger partial charge in [-0.05, 0) is 36.8 Å². The van der Waals surface area contributed by atoms with Crippen molar-refractivity contribution in [2.45, 2.75) is 6.92 Å². The highest BCUT2D eigenvalue weighted by Crippen LogP contribution is 2.34. The van der Waals surface area contributed by atoms with E-state index < -0.39 is 0 Å². The van der Waals surface area contributed by atoms with Crippen LogP contribution in [0.4, 0.5) is 5.69 Å². The Morgan fingerprint density at radius 2 is 2.14 bits per heavy atom. The van der Waals surface area contributed by atoms with Crippen LogP contribution in [-0.2, 0) is 4.79 Å². The number of carbonyl (C=O) groups is 1. The maximum atomic E-state index is 12.0. The molecule has 0 radical (unpaired) electrons. The SMILES string of the molecule is Cc1cccc(OCCN2C(=O)COc3ccc(O)cc32)c1. The molecule has 0 saturated carbocycles. The molecule has 2 aromatic rings. The first-order valence-corrected chi connectivity index (χ1v) is 7.09. The number of phenols is 1. The number of phenolic OH excluding ortho intramolecular Hbond substituents is 1. The Morgan fingerprint density at radius 1 is 1.27 bits per heavy atom. The van der Waals surface area contributed by atoms with Crippen molar-refractivity contribution in [3.63, 3.8) is 0 Å². The Morgan fingerprint density at radius 3 is 2.95 bits per heavy atom. The van der Waals surface area contributed by atoms with Gasteiger partial charge in [0.1, 0.15) is 23.9 Å². The van der Waals surface area contributed by atoms with E-state index in [-0.39, 0.29) is 18.3 Å². The largest absolute Gasteiger partial charge is 0.508 e. The van der Waals surface area contributed by atoms with Gasteiger partial charge < -0.3 is 19.5 Å². The molecule has 1 N–H and O–H groups in total. The number of amides is 1. The molecule has 3 rings (SSSR count). The van der Waals surface area contributed by atoms with Gasteiger partial charge in [0.2, 0.25) is 0 Å². The molecule has 0 fully saturated rings. The number of anilines is 1. The zero-order valence-corrected chi connectivity index (χ0v) is 12.3. The second kappa shape index (κ2) is 5.97. The van der Waals surface area contributed by atoms with Crippen LogP contribution >= 0.6 is 0 Å². The van der Waals surface area contributed by atoms with Crippen LogP contribution in [-0.4, -0.2) is 30.8 Å². The Bertz CT molecular complexity index is 699. The molecule has 2 aromatic carbocycles. The summed E-state index contributed by atoms with van der Waals surface area (Å²) < 4.78 is 11.0. The van der Waals surface area contributed by atoms with Gasteiger partial charge in [-0.15, -0.1) is 0 Å². The number of ether oxygens (including phenoxy) is 2. The Hall–Kier alpha value is -2.69. The second-order valence-electron chi connectivity index (χ2n) is 5.15. The summed E-state index contributed by atoms with van der Waals surface area (Å²) in [4.78, 5) is 13.6. The minimum atomic E-state index is -0.147. The van der Waals surface area contributed by atoms with Gasteiger partial charge in [0.05, 0.1) is 12.2 Å². The predicted octanol–water partition coefficient (Wildman–Crippen LogP) is 2.51. The first-order chi connectivity index (χ1) is 10.6. The number of aromatic hydroxyl groups is 1. The molecule has 0 atom stereocenters. The van der Waals surface area contributed by atoms with E-state index in [9.17, 15) is 9.90 Å². The van der Waals surface area contributed by atoms with Crippen LogP contribution in [0.15, 0.2) is 42.5 Å². The Balaban J connectivity index is 1.70. The lowest BCUT2D eigenvalue weighted by Gasteiger charge is -2.29. The van der Waals surface area contributed by atoms with E-state index in [0.717, 1.165) is 11.3 Å². The molecule has 114 valence electrons. The van der Waals surface area contributed by atoms with Crippen LogP contribution < -0.4 is 14.4 Å². The van der Waals surface area contributed by atoms with Crippen LogP contribution in [0.5, 0.6) is 17.2 Å². The highest BCUT2D eigenvalue weighted by atomic mass is 16.5. The molecular weight excluding hydrogens is 282 g/mol. The van der Waals surface area contributed by atoms with Crippen LogP contribution in [0.2, 0.25) is 0 Å². The molecule has 1 heterocycles. The van der Waals surface area contributed by atoms with Crippen LogP contribution in [0, 0.1) is 6.92 Å². The van der Waals surface area contributed by atoms with E-state index in [4.69, 9.17) is 9.47 Å². The minimum absolute atomic E-state index is 0.00220. The van der Waals surface area contributed by atoms with Crippen molar-refractivity contribution in [3.05, 3.63) is 48.0 Å². The van der Waals surface area contributed by atoms with Gasteiger partial charge in [0.15, 0.2) is 6.61 Å². The van der Waals surface area contributed by atoms with Crippen LogP contribution in [0.25, 0.3) is 0 Å². The molecule has 0 bridgehead atoms. The maximum Gasteiger partial charge on any atom is 0.265 e. The molecule has 0 aliphatic carbocycles. The van der Waals surface area contributed by atoms with Gasteiger partial charge in [-0.1, -0.05) is 12.1 Å². The van der Waals surface area contributed by atoms with E-state index in [2.05, 4.69) is 0 Å². The molecule has 0 aromatic heterocycles. The second-order valence-corrected chi connectivity index (χ2v) is 5.15. The highest BCUT2D eigenvalue weighted by molar-refractivity contribution is 5.98. The maximum absolute atomic E-state index is 12.0. The van der Waals surface area contributed by atoms with E-state index >= 15 is 0 Å². The minimum Gasteiger partial charge on any atom is -0.508 e. The molecule has 22 heavy (non-hydrogen) atoms. The number of fused-ring (bicyclic) bond motifs is 1.